The first kappa shape index (κ1) is 16.6. The molecule has 26 heavy (non-hydrogen) atoms. The Morgan fingerprint density at radius 1 is 1.27 bits per heavy atom. The van der Waals surface area contributed by atoms with Crippen LogP contribution in [0, 0.1) is 0 Å². The normalized spacial score (nSPS) is 15.3. The molecule has 134 valence electrons. The summed E-state index contributed by atoms with van der Waals surface area (Å²) in [7, 11) is 0. The number of fused-ring (bicyclic) bond motifs is 1. The zero-order chi connectivity index (χ0) is 17.9. The van der Waals surface area contributed by atoms with Crippen molar-refractivity contribution in [2.45, 2.75) is 25.7 Å². The van der Waals surface area contributed by atoms with Gasteiger partial charge in [-0.1, -0.05) is 12.1 Å². The molecule has 0 unspecified atom stereocenters. The molecule has 1 aliphatic rings. The van der Waals surface area contributed by atoms with Crippen molar-refractivity contribution in [2.75, 3.05) is 24.5 Å². The number of carbonyl (C=O) groups excluding carboxylic acids is 1. The van der Waals surface area contributed by atoms with Gasteiger partial charge >= 0.3 is 0 Å². The van der Waals surface area contributed by atoms with Crippen molar-refractivity contribution < 1.29 is 9.21 Å². The maximum absolute atomic E-state index is 12.0. The zero-order valence-corrected chi connectivity index (χ0v) is 14.8. The second kappa shape index (κ2) is 7.15. The number of para-hydroxylation sites is 2. The Labute approximate surface area is 152 Å². The van der Waals surface area contributed by atoms with E-state index < -0.39 is 0 Å². The van der Waals surface area contributed by atoms with Gasteiger partial charge in [0.25, 0.3) is 5.91 Å². The number of hydrogen-bond acceptors (Lipinski definition) is 5. The summed E-state index contributed by atoms with van der Waals surface area (Å²) in [5.74, 6) is 1.95. The summed E-state index contributed by atoms with van der Waals surface area (Å²) in [6, 6.07) is 11.5. The van der Waals surface area contributed by atoms with E-state index in [0.29, 0.717) is 18.0 Å². The number of hydrogen-bond donors (Lipinski definition) is 1. The summed E-state index contributed by atoms with van der Waals surface area (Å²) < 4.78 is 5.93. The Kier molecular flexibility index (Phi) is 4.56. The maximum atomic E-state index is 12.0. The summed E-state index contributed by atoms with van der Waals surface area (Å²) >= 11 is 0. The average Bonchev–Trinajstić information content (AvgIpc) is 3.13. The van der Waals surface area contributed by atoms with Crippen LogP contribution in [0.5, 0.6) is 0 Å². The van der Waals surface area contributed by atoms with Crippen LogP contribution in [0.2, 0.25) is 0 Å². The molecule has 1 saturated heterocycles. The van der Waals surface area contributed by atoms with Crippen LogP contribution in [-0.2, 0) is 0 Å². The molecule has 0 atom stereocenters. The van der Waals surface area contributed by atoms with Crippen molar-refractivity contribution in [3.63, 3.8) is 0 Å². The quantitative estimate of drug-likeness (QED) is 0.781. The minimum atomic E-state index is -0.0579. The van der Waals surface area contributed by atoms with Gasteiger partial charge in [-0.15, -0.1) is 0 Å². The second-order valence-electron chi connectivity index (χ2n) is 6.54. The molecular weight excluding hydrogens is 328 g/mol. The van der Waals surface area contributed by atoms with Crippen LogP contribution in [0.4, 0.5) is 5.82 Å². The lowest BCUT2D eigenvalue weighted by Gasteiger charge is -2.31. The lowest BCUT2D eigenvalue weighted by molar-refractivity contribution is 0.0955. The number of benzene rings is 1. The Balaban J connectivity index is 1.45. The molecule has 4 rings (SSSR count). The Morgan fingerprint density at radius 2 is 2.08 bits per heavy atom. The van der Waals surface area contributed by atoms with Gasteiger partial charge in [-0.3, -0.25) is 4.79 Å². The van der Waals surface area contributed by atoms with Crippen molar-refractivity contribution in [3.8, 4) is 0 Å². The summed E-state index contributed by atoms with van der Waals surface area (Å²) in [5.41, 5.74) is 2.42. The third kappa shape index (κ3) is 3.27. The Bertz CT molecular complexity index is 880. The summed E-state index contributed by atoms with van der Waals surface area (Å²) in [5, 5.41) is 2.83. The van der Waals surface area contributed by atoms with Crippen LogP contribution in [0.15, 0.2) is 47.0 Å². The highest BCUT2D eigenvalue weighted by molar-refractivity contribution is 5.94. The van der Waals surface area contributed by atoms with Crippen molar-refractivity contribution >= 4 is 22.8 Å². The van der Waals surface area contributed by atoms with Gasteiger partial charge in [0.1, 0.15) is 11.3 Å². The third-order valence-electron chi connectivity index (χ3n) is 4.82. The first-order valence-corrected chi connectivity index (χ1v) is 9.09. The molecule has 3 heterocycles. The predicted molar refractivity (Wildman–Crippen MR) is 100 cm³/mol. The topological polar surface area (TPSA) is 71.3 Å². The highest BCUT2D eigenvalue weighted by Gasteiger charge is 2.25. The number of anilines is 1. The van der Waals surface area contributed by atoms with Gasteiger partial charge in [-0.2, -0.15) is 0 Å². The lowest BCUT2D eigenvalue weighted by Crippen LogP contribution is -2.34. The standard InChI is InChI=1S/C20H22N4O2/c1-2-21-19(25)15-7-10-22-18(13-15)24-11-8-14(9-12-24)20-23-16-5-3-4-6-17(16)26-20/h3-7,10,13-14H,2,8-9,11-12H2,1H3,(H,21,25). The number of piperidine rings is 1. The number of pyridine rings is 1. The van der Waals surface area contributed by atoms with Gasteiger partial charge in [0, 0.05) is 37.3 Å². The summed E-state index contributed by atoms with van der Waals surface area (Å²) in [4.78, 5) is 23.3. The van der Waals surface area contributed by atoms with E-state index in [2.05, 4.69) is 20.2 Å². The number of carbonyl (C=O) groups is 1. The van der Waals surface area contributed by atoms with Crippen molar-refractivity contribution in [1.82, 2.24) is 15.3 Å². The molecule has 2 aromatic heterocycles. The fourth-order valence-electron chi connectivity index (χ4n) is 3.42. The van der Waals surface area contributed by atoms with Gasteiger partial charge in [0.05, 0.1) is 0 Å². The van der Waals surface area contributed by atoms with Crippen LogP contribution >= 0.6 is 0 Å². The van der Waals surface area contributed by atoms with Gasteiger partial charge in [-0.25, -0.2) is 9.97 Å². The molecule has 1 aliphatic heterocycles. The number of rotatable bonds is 4. The van der Waals surface area contributed by atoms with Gasteiger partial charge in [0.2, 0.25) is 0 Å². The van der Waals surface area contributed by atoms with E-state index in [9.17, 15) is 4.79 Å². The molecule has 1 amide bonds. The van der Waals surface area contributed by atoms with Crippen LogP contribution in [0.25, 0.3) is 11.1 Å². The highest BCUT2D eigenvalue weighted by atomic mass is 16.3. The number of oxazole rings is 1. The molecule has 6 nitrogen and oxygen atoms in total. The van der Waals surface area contributed by atoms with E-state index in [4.69, 9.17) is 4.42 Å². The monoisotopic (exact) mass is 350 g/mol. The molecule has 1 aromatic carbocycles. The van der Waals surface area contributed by atoms with Crippen LogP contribution in [-0.4, -0.2) is 35.5 Å². The van der Waals surface area contributed by atoms with E-state index in [0.717, 1.165) is 48.7 Å². The van der Waals surface area contributed by atoms with Gasteiger partial charge in [-0.05, 0) is 44.0 Å². The highest BCUT2D eigenvalue weighted by Crippen LogP contribution is 2.31. The number of nitrogens with zero attached hydrogens (tertiary/aromatic N) is 3. The van der Waals surface area contributed by atoms with Crippen LogP contribution < -0.4 is 10.2 Å². The van der Waals surface area contributed by atoms with E-state index in [-0.39, 0.29) is 5.91 Å². The lowest BCUT2D eigenvalue weighted by atomic mass is 9.96. The molecular formula is C20H22N4O2. The molecule has 6 heteroatoms. The minimum Gasteiger partial charge on any atom is -0.440 e. The first-order chi connectivity index (χ1) is 12.7. The van der Waals surface area contributed by atoms with Crippen molar-refractivity contribution in [2.24, 2.45) is 0 Å². The fourth-order valence-corrected chi connectivity index (χ4v) is 3.42. The first-order valence-electron chi connectivity index (χ1n) is 9.09. The van der Waals surface area contributed by atoms with Gasteiger partial charge in [0.15, 0.2) is 11.5 Å². The smallest absolute Gasteiger partial charge is 0.251 e. The fraction of sp³-hybridized carbons (Fsp3) is 0.350. The molecule has 1 N–H and O–H groups in total. The van der Waals surface area contributed by atoms with Gasteiger partial charge < -0.3 is 14.6 Å². The summed E-state index contributed by atoms with van der Waals surface area (Å²) in [6.07, 6.45) is 3.62. The van der Waals surface area contributed by atoms with Crippen LogP contribution in [0.1, 0.15) is 41.9 Å². The Morgan fingerprint density at radius 3 is 2.85 bits per heavy atom. The van der Waals surface area contributed by atoms with E-state index in [1.165, 1.54) is 0 Å². The largest absolute Gasteiger partial charge is 0.440 e. The van der Waals surface area contributed by atoms with Crippen molar-refractivity contribution in [1.29, 1.82) is 0 Å². The third-order valence-corrected chi connectivity index (χ3v) is 4.82. The second-order valence-corrected chi connectivity index (χ2v) is 6.54. The number of aromatic nitrogens is 2. The molecule has 0 spiro atoms. The predicted octanol–water partition coefficient (Wildman–Crippen LogP) is 3.36. The molecule has 0 aliphatic carbocycles. The van der Waals surface area contributed by atoms with E-state index in [1.54, 1.807) is 12.3 Å². The summed E-state index contributed by atoms with van der Waals surface area (Å²) in [6.45, 7) is 4.27. The maximum Gasteiger partial charge on any atom is 0.251 e. The Hall–Kier alpha value is -2.89. The number of amides is 1. The van der Waals surface area contributed by atoms with E-state index in [1.807, 2.05) is 37.3 Å². The SMILES string of the molecule is CCNC(=O)c1ccnc(N2CCC(c3nc4ccccc4o3)CC2)c1. The molecule has 0 radical (unpaired) electrons. The van der Waals surface area contributed by atoms with Crippen LogP contribution in [0.3, 0.4) is 0 Å². The minimum absolute atomic E-state index is 0.0579. The average molecular weight is 350 g/mol. The zero-order valence-electron chi connectivity index (χ0n) is 14.8. The molecule has 0 bridgehead atoms. The van der Waals surface area contributed by atoms with Crippen molar-refractivity contribution in [3.05, 3.63) is 54.0 Å². The molecule has 3 aromatic rings. The molecule has 1 fully saturated rings. The molecule has 0 saturated carbocycles. The number of nitrogens with one attached hydrogen (secondary N) is 1. The van der Waals surface area contributed by atoms with E-state index >= 15 is 0 Å².